The summed E-state index contributed by atoms with van der Waals surface area (Å²) in [7, 11) is 1.75. The van der Waals surface area contributed by atoms with E-state index in [1.54, 1.807) is 30.1 Å². The van der Waals surface area contributed by atoms with Crippen LogP contribution in [0.25, 0.3) is 10.9 Å². The zero-order chi connectivity index (χ0) is 27.0. The minimum absolute atomic E-state index is 0.0976. The van der Waals surface area contributed by atoms with Gasteiger partial charge in [0.15, 0.2) is 5.69 Å². The van der Waals surface area contributed by atoms with Gasteiger partial charge in [0.1, 0.15) is 5.15 Å². The molecule has 2 N–H and O–H groups in total. The highest BCUT2D eigenvalue weighted by atomic mass is 35.5. The second-order valence-corrected chi connectivity index (χ2v) is 9.79. The Morgan fingerprint density at radius 3 is 2.42 bits per heavy atom. The number of aromatic nitrogens is 4. The van der Waals surface area contributed by atoms with Gasteiger partial charge in [-0.3, -0.25) is 14.3 Å². The molecule has 196 valence electrons. The molecule has 3 aromatic heterocycles. The summed E-state index contributed by atoms with van der Waals surface area (Å²) in [6, 6.07) is 10.6. The van der Waals surface area contributed by atoms with Crippen molar-refractivity contribution in [2.45, 2.75) is 19.9 Å². The van der Waals surface area contributed by atoms with Gasteiger partial charge in [-0.1, -0.05) is 17.7 Å². The third kappa shape index (κ3) is 4.87. The predicted octanol–water partition coefficient (Wildman–Crippen LogP) is 3.88. The molecule has 38 heavy (non-hydrogen) atoms. The van der Waals surface area contributed by atoms with Crippen LogP contribution in [0.15, 0.2) is 53.6 Å². The molecule has 1 aliphatic heterocycles. The van der Waals surface area contributed by atoms with E-state index in [-0.39, 0.29) is 22.4 Å². The lowest BCUT2D eigenvalue weighted by molar-refractivity contribution is 0.0691. The molecule has 1 aromatic carbocycles. The summed E-state index contributed by atoms with van der Waals surface area (Å²) in [4.78, 5) is 42.7. The van der Waals surface area contributed by atoms with Crippen LogP contribution in [0.1, 0.15) is 34.6 Å². The van der Waals surface area contributed by atoms with Crippen molar-refractivity contribution in [1.82, 2.24) is 19.5 Å². The average molecular weight is 534 g/mol. The fourth-order valence-corrected chi connectivity index (χ4v) is 5.05. The first kappa shape index (κ1) is 25.5. The minimum atomic E-state index is -1.18. The molecule has 5 rings (SSSR count). The first-order valence-corrected chi connectivity index (χ1v) is 12.7. The van der Waals surface area contributed by atoms with Crippen molar-refractivity contribution < 1.29 is 9.90 Å². The number of nitrogens with one attached hydrogen (secondary N) is 1. The molecule has 0 radical (unpaired) electrons. The average Bonchev–Trinajstić information content (AvgIpc) is 2.92. The van der Waals surface area contributed by atoms with Gasteiger partial charge in [0.05, 0.1) is 22.6 Å². The van der Waals surface area contributed by atoms with Crippen LogP contribution in [0.2, 0.25) is 5.15 Å². The van der Waals surface area contributed by atoms with Gasteiger partial charge >= 0.3 is 5.97 Å². The molecule has 4 aromatic rings. The molecule has 4 heterocycles. The smallest absolute Gasteiger partial charge is 0.356 e. The molecule has 1 atom stereocenters. The Labute approximate surface area is 224 Å². The maximum absolute atomic E-state index is 13.5. The monoisotopic (exact) mass is 533 g/mol. The number of benzene rings is 1. The normalized spacial score (nSPS) is 14.5. The van der Waals surface area contributed by atoms with E-state index in [1.165, 1.54) is 6.07 Å². The fourth-order valence-electron chi connectivity index (χ4n) is 4.90. The highest BCUT2D eigenvalue weighted by Crippen LogP contribution is 2.29. The number of aryl methyl sites for hydroxylation is 1. The van der Waals surface area contributed by atoms with E-state index in [1.807, 2.05) is 38.1 Å². The Morgan fingerprint density at radius 1 is 1.05 bits per heavy atom. The zero-order valence-electron chi connectivity index (χ0n) is 21.3. The summed E-state index contributed by atoms with van der Waals surface area (Å²) in [6.07, 6.45) is 3.57. The molecular formula is C27H28ClN7O3. The highest BCUT2D eigenvalue weighted by molar-refractivity contribution is 6.29. The Balaban J connectivity index is 1.50. The molecule has 0 bridgehead atoms. The number of carboxylic acid groups (broad SMARTS) is 1. The van der Waals surface area contributed by atoms with Crippen LogP contribution in [0, 0.1) is 6.92 Å². The molecule has 0 amide bonds. The van der Waals surface area contributed by atoms with Crippen molar-refractivity contribution in [1.29, 1.82) is 0 Å². The van der Waals surface area contributed by atoms with Crippen LogP contribution in [0.3, 0.4) is 0 Å². The van der Waals surface area contributed by atoms with E-state index in [9.17, 15) is 14.7 Å². The van der Waals surface area contributed by atoms with Crippen molar-refractivity contribution in [2.24, 2.45) is 7.05 Å². The molecule has 0 saturated carbocycles. The van der Waals surface area contributed by atoms with Gasteiger partial charge in [0, 0.05) is 56.9 Å². The summed E-state index contributed by atoms with van der Waals surface area (Å²) in [5, 5.41) is 13.4. The van der Waals surface area contributed by atoms with Crippen LogP contribution in [0.5, 0.6) is 0 Å². The van der Waals surface area contributed by atoms with E-state index in [0.717, 1.165) is 29.9 Å². The zero-order valence-corrected chi connectivity index (χ0v) is 22.1. The standard InChI is InChI=1S/C27H28ClN7O3/c1-16-14-19(17(2)30-21-4-5-22(28)31-24(21)26(37)38)23-20(15-16)25(36)33(3)27(32-23)35-12-10-34(11-13-35)18-6-8-29-9-7-18/h4-9,14-15,17,30H,10-13H2,1-3H3,(H,37,38)/t17-/m0/s1. The topological polar surface area (TPSA) is 116 Å². The molecule has 0 spiro atoms. The maximum atomic E-state index is 13.5. The number of halogens is 1. The van der Waals surface area contributed by atoms with Crippen molar-refractivity contribution >= 4 is 45.8 Å². The van der Waals surface area contributed by atoms with E-state index in [0.29, 0.717) is 35.6 Å². The third-order valence-electron chi connectivity index (χ3n) is 6.82. The number of piperazine rings is 1. The van der Waals surface area contributed by atoms with Gasteiger partial charge in [-0.15, -0.1) is 0 Å². The van der Waals surface area contributed by atoms with Crippen molar-refractivity contribution in [3.05, 3.63) is 81.1 Å². The molecule has 1 saturated heterocycles. The van der Waals surface area contributed by atoms with Crippen LogP contribution in [-0.4, -0.2) is 56.8 Å². The number of hydrogen-bond acceptors (Lipinski definition) is 8. The quantitative estimate of drug-likeness (QED) is 0.356. The van der Waals surface area contributed by atoms with Crippen LogP contribution < -0.4 is 20.7 Å². The van der Waals surface area contributed by atoms with Crippen molar-refractivity contribution in [3.8, 4) is 0 Å². The lowest BCUT2D eigenvalue weighted by Crippen LogP contribution is -2.48. The van der Waals surface area contributed by atoms with E-state index in [4.69, 9.17) is 16.6 Å². The van der Waals surface area contributed by atoms with E-state index < -0.39 is 5.97 Å². The molecular weight excluding hydrogens is 506 g/mol. The summed E-state index contributed by atoms with van der Waals surface area (Å²) >= 11 is 5.92. The number of carbonyl (C=O) groups is 1. The van der Waals surface area contributed by atoms with Crippen molar-refractivity contribution in [3.63, 3.8) is 0 Å². The minimum Gasteiger partial charge on any atom is -0.476 e. The number of pyridine rings is 2. The molecule has 1 aliphatic rings. The lowest BCUT2D eigenvalue weighted by Gasteiger charge is -2.37. The maximum Gasteiger partial charge on any atom is 0.356 e. The molecule has 1 fully saturated rings. The molecule has 10 nitrogen and oxygen atoms in total. The Hall–Kier alpha value is -4.18. The van der Waals surface area contributed by atoms with Crippen molar-refractivity contribution in [2.75, 3.05) is 41.3 Å². The molecule has 0 unspecified atom stereocenters. The summed E-state index contributed by atoms with van der Waals surface area (Å²) in [5.41, 5.74) is 3.45. The van der Waals surface area contributed by atoms with E-state index in [2.05, 4.69) is 25.1 Å². The van der Waals surface area contributed by atoms with Gasteiger partial charge < -0.3 is 20.2 Å². The highest BCUT2D eigenvalue weighted by Gasteiger charge is 2.24. The number of nitrogens with zero attached hydrogens (tertiary/aromatic N) is 6. The Kier molecular flexibility index (Phi) is 6.90. The number of hydrogen-bond donors (Lipinski definition) is 2. The number of carboxylic acids is 1. The van der Waals surface area contributed by atoms with E-state index >= 15 is 0 Å². The van der Waals surface area contributed by atoms with Gasteiger partial charge in [-0.25, -0.2) is 14.8 Å². The summed E-state index contributed by atoms with van der Waals surface area (Å²) < 4.78 is 1.61. The summed E-state index contributed by atoms with van der Waals surface area (Å²) in [5.74, 6) is -0.579. The predicted molar refractivity (Wildman–Crippen MR) is 149 cm³/mol. The fraction of sp³-hybridized carbons (Fsp3) is 0.296. The summed E-state index contributed by atoms with van der Waals surface area (Å²) in [6.45, 7) is 6.83. The first-order chi connectivity index (χ1) is 18.2. The van der Waals surface area contributed by atoms with Gasteiger partial charge in [0.25, 0.3) is 5.56 Å². The first-order valence-electron chi connectivity index (χ1n) is 12.3. The number of aromatic carboxylic acids is 1. The number of anilines is 3. The second kappa shape index (κ2) is 10.3. The van der Waals surface area contributed by atoms with Crippen LogP contribution >= 0.6 is 11.6 Å². The van der Waals surface area contributed by atoms with Gasteiger partial charge in [-0.05, 0) is 49.7 Å². The Morgan fingerprint density at radius 2 is 1.74 bits per heavy atom. The largest absolute Gasteiger partial charge is 0.476 e. The molecule has 0 aliphatic carbocycles. The van der Waals surface area contributed by atoms with Crippen LogP contribution in [-0.2, 0) is 7.05 Å². The lowest BCUT2D eigenvalue weighted by atomic mass is 10.0. The van der Waals surface area contributed by atoms with Crippen LogP contribution in [0.4, 0.5) is 17.3 Å². The second-order valence-electron chi connectivity index (χ2n) is 9.41. The van der Waals surface area contributed by atoms with Gasteiger partial charge in [-0.2, -0.15) is 0 Å². The third-order valence-corrected chi connectivity index (χ3v) is 7.03. The SMILES string of the molecule is Cc1cc([C@H](C)Nc2ccc(Cl)nc2C(=O)O)c2nc(N3CCN(c4ccncc4)CC3)n(C)c(=O)c2c1. The van der Waals surface area contributed by atoms with Gasteiger partial charge in [0.2, 0.25) is 5.95 Å². The molecule has 11 heteroatoms. The number of fused-ring (bicyclic) bond motifs is 1. The Bertz CT molecular complexity index is 1570. The number of rotatable bonds is 6.